The Morgan fingerprint density at radius 1 is 1.20 bits per heavy atom. The molecule has 2 aromatic rings. The number of halogens is 1. The van der Waals surface area contributed by atoms with Gasteiger partial charge in [0.1, 0.15) is 13.2 Å². The first kappa shape index (κ1) is 18.1. The molecule has 0 bridgehead atoms. The van der Waals surface area contributed by atoms with Gasteiger partial charge in [-0.25, -0.2) is 0 Å². The summed E-state index contributed by atoms with van der Waals surface area (Å²) >= 11 is 5.14. The van der Waals surface area contributed by atoms with E-state index in [0.717, 1.165) is 32.9 Å². The Morgan fingerprint density at radius 2 is 1.88 bits per heavy atom. The van der Waals surface area contributed by atoms with Crippen LogP contribution < -0.4 is 14.8 Å². The summed E-state index contributed by atoms with van der Waals surface area (Å²) in [6.45, 7) is 3.14. The van der Waals surface area contributed by atoms with Crippen LogP contribution in [0, 0.1) is 0 Å². The van der Waals surface area contributed by atoms with Gasteiger partial charge in [-0.05, 0) is 30.2 Å². The first-order chi connectivity index (χ1) is 12.1. The van der Waals surface area contributed by atoms with E-state index in [2.05, 4.69) is 21.2 Å². The van der Waals surface area contributed by atoms with Crippen molar-refractivity contribution in [3.05, 3.63) is 58.1 Å². The largest absolute Gasteiger partial charge is 0.486 e. The van der Waals surface area contributed by atoms with Gasteiger partial charge in [0.25, 0.3) is 0 Å². The molecule has 0 fully saturated rings. The van der Waals surface area contributed by atoms with Gasteiger partial charge in [-0.15, -0.1) is 11.8 Å². The molecule has 0 radical (unpaired) electrons. The van der Waals surface area contributed by atoms with Gasteiger partial charge in [0.15, 0.2) is 11.5 Å². The molecule has 25 heavy (non-hydrogen) atoms. The standard InChI is InChI=1S/C19H20BrNO3S/c1-13(14-5-3-2-4-6-14)21-19(22)12-25-11-15-9-17-18(10-16(15)20)24-8-7-23-17/h2-6,9-10,13H,7-8,11-12H2,1H3,(H,21,22). The van der Waals surface area contributed by atoms with Crippen LogP contribution >= 0.6 is 27.7 Å². The van der Waals surface area contributed by atoms with Gasteiger partial charge in [0.05, 0.1) is 11.8 Å². The van der Waals surface area contributed by atoms with Crippen molar-refractivity contribution in [2.45, 2.75) is 18.7 Å². The summed E-state index contributed by atoms with van der Waals surface area (Å²) in [6.07, 6.45) is 0. The van der Waals surface area contributed by atoms with Crippen LogP contribution in [-0.4, -0.2) is 24.9 Å². The van der Waals surface area contributed by atoms with Gasteiger partial charge < -0.3 is 14.8 Å². The van der Waals surface area contributed by atoms with E-state index in [1.807, 2.05) is 49.4 Å². The third-order valence-corrected chi connectivity index (χ3v) is 5.60. The summed E-state index contributed by atoms with van der Waals surface area (Å²) in [5.41, 5.74) is 2.20. The van der Waals surface area contributed by atoms with E-state index < -0.39 is 0 Å². The van der Waals surface area contributed by atoms with E-state index >= 15 is 0 Å². The summed E-state index contributed by atoms with van der Waals surface area (Å²) in [4.78, 5) is 12.1. The topological polar surface area (TPSA) is 47.6 Å². The number of nitrogens with one attached hydrogen (secondary N) is 1. The Hall–Kier alpha value is -1.66. The number of amides is 1. The van der Waals surface area contributed by atoms with Crippen LogP contribution in [-0.2, 0) is 10.5 Å². The molecule has 1 aliphatic rings. The Kier molecular flexibility index (Phi) is 6.26. The molecule has 0 saturated carbocycles. The lowest BCUT2D eigenvalue weighted by Crippen LogP contribution is -2.28. The fourth-order valence-electron chi connectivity index (χ4n) is 2.58. The predicted molar refractivity (Wildman–Crippen MR) is 104 cm³/mol. The second kappa shape index (κ2) is 8.63. The van der Waals surface area contributed by atoms with Crippen molar-refractivity contribution in [3.8, 4) is 11.5 Å². The monoisotopic (exact) mass is 421 g/mol. The van der Waals surface area contributed by atoms with E-state index in [0.29, 0.717) is 19.0 Å². The molecule has 2 aromatic carbocycles. The summed E-state index contributed by atoms with van der Waals surface area (Å²) in [7, 11) is 0. The van der Waals surface area contributed by atoms with Gasteiger partial charge in [0, 0.05) is 10.2 Å². The minimum absolute atomic E-state index is 0.00956. The second-order valence-electron chi connectivity index (χ2n) is 5.78. The lowest BCUT2D eigenvalue weighted by molar-refractivity contribution is -0.119. The van der Waals surface area contributed by atoms with Gasteiger partial charge in [-0.3, -0.25) is 4.79 Å². The van der Waals surface area contributed by atoms with Crippen molar-refractivity contribution in [1.29, 1.82) is 0 Å². The van der Waals surface area contributed by atoms with E-state index in [4.69, 9.17) is 9.47 Å². The Bertz CT molecular complexity index is 739. The highest BCUT2D eigenvalue weighted by Gasteiger charge is 2.15. The molecule has 0 aromatic heterocycles. The molecule has 0 aliphatic carbocycles. The lowest BCUT2D eigenvalue weighted by Gasteiger charge is -2.20. The molecule has 1 heterocycles. The Labute approximate surface area is 160 Å². The molecule has 1 atom stereocenters. The van der Waals surface area contributed by atoms with Crippen molar-refractivity contribution in [2.24, 2.45) is 0 Å². The second-order valence-corrected chi connectivity index (χ2v) is 7.62. The number of fused-ring (bicyclic) bond motifs is 1. The third-order valence-electron chi connectivity index (χ3n) is 3.88. The normalized spacial score (nSPS) is 14.0. The molecule has 0 spiro atoms. The van der Waals surface area contributed by atoms with Crippen LogP contribution in [0.25, 0.3) is 0 Å². The maximum atomic E-state index is 12.1. The molecule has 1 aliphatic heterocycles. The molecule has 1 amide bonds. The number of thioether (sulfide) groups is 1. The molecule has 4 nitrogen and oxygen atoms in total. The number of benzene rings is 2. The minimum atomic E-state index is 0.00956. The highest BCUT2D eigenvalue weighted by Crippen LogP contribution is 2.36. The zero-order valence-corrected chi connectivity index (χ0v) is 16.4. The highest BCUT2D eigenvalue weighted by atomic mass is 79.9. The maximum absolute atomic E-state index is 12.1. The quantitative estimate of drug-likeness (QED) is 0.753. The zero-order valence-electron chi connectivity index (χ0n) is 14.0. The SMILES string of the molecule is CC(NC(=O)CSCc1cc2c(cc1Br)OCCO2)c1ccccc1. The van der Waals surface area contributed by atoms with Crippen LogP contribution in [0.5, 0.6) is 11.5 Å². The smallest absolute Gasteiger partial charge is 0.230 e. The fraction of sp³-hybridized carbons (Fsp3) is 0.316. The predicted octanol–water partition coefficient (Wildman–Crippen LogP) is 4.33. The number of carbonyl (C=O) groups is 1. The number of hydrogen-bond donors (Lipinski definition) is 1. The van der Waals surface area contributed by atoms with E-state index in [9.17, 15) is 4.79 Å². The molecule has 1 N–H and O–H groups in total. The molecular formula is C19H20BrNO3S. The average molecular weight is 422 g/mol. The van der Waals surface area contributed by atoms with Gasteiger partial charge in [0.2, 0.25) is 5.91 Å². The van der Waals surface area contributed by atoms with Gasteiger partial charge in [-0.2, -0.15) is 0 Å². The van der Waals surface area contributed by atoms with Crippen LogP contribution in [0.3, 0.4) is 0 Å². The number of rotatable bonds is 6. The molecule has 132 valence electrons. The van der Waals surface area contributed by atoms with E-state index in [1.165, 1.54) is 0 Å². The third kappa shape index (κ3) is 4.92. The zero-order chi connectivity index (χ0) is 17.6. The number of carbonyl (C=O) groups excluding carboxylic acids is 1. The number of hydrogen-bond acceptors (Lipinski definition) is 4. The minimum Gasteiger partial charge on any atom is -0.486 e. The van der Waals surface area contributed by atoms with Crippen LogP contribution in [0.2, 0.25) is 0 Å². The molecule has 1 unspecified atom stereocenters. The Morgan fingerprint density at radius 3 is 2.60 bits per heavy atom. The Balaban J connectivity index is 1.50. The maximum Gasteiger partial charge on any atom is 0.230 e. The van der Waals surface area contributed by atoms with Crippen molar-refractivity contribution < 1.29 is 14.3 Å². The average Bonchev–Trinajstić information content (AvgIpc) is 2.63. The van der Waals surface area contributed by atoms with Gasteiger partial charge in [-0.1, -0.05) is 46.3 Å². The molecular weight excluding hydrogens is 402 g/mol. The van der Waals surface area contributed by atoms with Crippen molar-refractivity contribution in [3.63, 3.8) is 0 Å². The number of ether oxygens (including phenoxy) is 2. The molecule has 0 saturated heterocycles. The summed E-state index contributed by atoms with van der Waals surface area (Å²) in [5, 5.41) is 3.03. The van der Waals surface area contributed by atoms with E-state index in [1.54, 1.807) is 11.8 Å². The van der Waals surface area contributed by atoms with Crippen LogP contribution in [0.1, 0.15) is 24.1 Å². The first-order valence-corrected chi connectivity index (χ1v) is 10.1. The fourth-order valence-corrected chi connectivity index (χ4v) is 4.06. The highest BCUT2D eigenvalue weighted by molar-refractivity contribution is 9.10. The van der Waals surface area contributed by atoms with Crippen LogP contribution in [0.4, 0.5) is 0 Å². The van der Waals surface area contributed by atoms with Crippen molar-refractivity contribution in [1.82, 2.24) is 5.32 Å². The first-order valence-electron chi connectivity index (χ1n) is 8.13. The van der Waals surface area contributed by atoms with E-state index in [-0.39, 0.29) is 11.9 Å². The summed E-state index contributed by atoms with van der Waals surface area (Å²) < 4.78 is 12.1. The van der Waals surface area contributed by atoms with Crippen LogP contribution in [0.15, 0.2) is 46.9 Å². The summed E-state index contributed by atoms with van der Waals surface area (Å²) in [6, 6.07) is 13.9. The molecule has 6 heteroatoms. The summed E-state index contributed by atoms with van der Waals surface area (Å²) in [5.74, 6) is 2.71. The van der Waals surface area contributed by atoms with Gasteiger partial charge >= 0.3 is 0 Å². The van der Waals surface area contributed by atoms with Crippen molar-refractivity contribution >= 4 is 33.6 Å². The van der Waals surface area contributed by atoms with Crippen molar-refractivity contribution in [2.75, 3.05) is 19.0 Å². The lowest BCUT2D eigenvalue weighted by atomic mass is 10.1. The molecule has 3 rings (SSSR count).